The summed E-state index contributed by atoms with van der Waals surface area (Å²) in [5.41, 5.74) is 6.87. The van der Waals surface area contributed by atoms with Crippen LogP contribution in [0.5, 0.6) is 0 Å². The molecule has 0 unspecified atom stereocenters. The summed E-state index contributed by atoms with van der Waals surface area (Å²) < 4.78 is 13.8. The number of benzene rings is 1. The molecule has 0 bridgehead atoms. The molecule has 1 aromatic rings. The molecule has 16 heavy (non-hydrogen) atoms. The maximum absolute atomic E-state index is 13.8. The molecular formula is C12H19FN2O. The van der Waals surface area contributed by atoms with E-state index in [0.717, 1.165) is 5.56 Å². The first-order chi connectivity index (χ1) is 7.61. The average molecular weight is 226 g/mol. The Hall–Kier alpha value is -1.13. The van der Waals surface area contributed by atoms with Gasteiger partial charge in [0.15, 0.2) is 0 Å². The van der Waals surface area contributed by atoms with E-state index in [4.69, 9.17) is 10.8 Å². The van der Waals surface area contributed by atoms with Crippen LogP contribution in [0.1, 0.15) is 19.4 Å². The first kappa shape index (κ1) is 12.9. The highest BCUT2D eigenvalue weighted by Crippen LogP contribution is 2.25. The zero-order valence-electron chi connectivity index (χ0n) is 9.78. The lowest BCUT2D eigenvalue weighted by Gasteiger charge is -2.30. The molecule has 0 amide bonds. The van der Waals surface area contributed by atoms with Gasteiger partial charge in [0.2, 0.25) is 0 Å². The second-order valence-corrected chi connectivity index (χ2v) is 3.96. The van der Waals surface area contributed by atoms with Crippen molar-refractivity contribution in [2.75, 3.05) is 18.1 Å². The lowest BCUT2D eigenvalue weighted by Crippen LogP contribution is -2.35. The van der Waals surface area contributed by atoms with E-state index in [9.17, 15) is 4.39 Å². The molecule has 0 radical (unpaired) electrons. The van der Waals surface area contributed by atoms with Crippen LogP contribution < -0.4 is 10.6 Å². The Morgan fingerprint density at radius 1 is 1.44 bits per heavy atom. The predicted octanol–water partition coefficient (Wildman–Crippen LogP) is 1.49. The number of anilines is 1. The number of rotatable bonds is 5. The molecule has 90 valence electrons. The lowest BCUT2D eigenvalue weighted by atomic mass is 10.1. The van der Waals surface area contributed by atoms with Crippen molar-refractivity contribution in [1.29, 1.82) is 0 Å². The van der Waals surface area contributed by atoms with E-state index in [1.54, 1.807) is 6.07 Å². The monoisotopic (exact) mass is 226 g/mol. The maximum Gasteiger partial charge on any atom is 0.146 e. The number of halogens is 1. The van der Waals surface area contributed by atoms with Crippen molar-refractivity contribution < 1.29 is 9.50 Å². The Labute approximate surface area is 95.7 Å². The molecule has 0 saturated carbocycles. The Morgan fingerprint density at radius 3 is 2.62 bits per heavy atom. The molecule has 0 saturated heterocycles. The van der Waals surface area contributed by atoms with Crippen LogP contribution in [0.4, 0.5) is 10.1 Å². The summed E-state index contributed by atoms with van der Waals surface area (Å²) >= 11 is 0. The summed E-state index contributed by atoms with van der Waals surface area (Å²) in [6.07, 6.45) is 0. The first-order valence-corrected chi connectivity index (χ1v) is 5.46. The Balaban J connectivity index is 3.16. The van der Waals surface area contributed by atoms with Crippen LogP contribution in [-0.2, 0) is 6.54 Å². The van der Waals surface area contributed by atoms with Gasteiger partial charge in [0, 0.05) is 19.1 Å². The minimum atomic E-state index is -0.287. The van der Waals surface area contributed by atoms with Crippen molar-refractivity contribution in [1.82, 2.24) is 0 Å². The summed E-state index contributed by atoms with van der Waals surface area (Å²) in [4.78, 5) is 1.83. The molecule has 1 rings (SSSR count). The zero-order chi connectivity index (χ0) is 12.1. The molecule has 4 heteroatoms. The van der Waals surface area contributed by atoms with Crippen LogP contribution in [0, 0.1) is 5.82 Å². The van der Waals surface area contributed by atoms with Crippen molar-refractivity contribution in [2.24, 2.45) is 5.73 Å². The van der Waals surface area contributed by atoms with Gasteiger partial charge < -0.3 is 15.7 Å². The van der Waals surface area contributed by atoms with E-state index in [2.05, 4.69) is 0 Å². The highest BCUT2D eigenvalue weighted by Gasteiger charge is 2.17. The van der Waals surface area contributed by atoms with Crippen molar-refractivity contribution in [3.05, 3.63) is 29.6 Å². The molecule has 3 N–H and O–H groups in total. The normalized spacial score (nSPS) is 10.9. The lowest BCUT2D eigenvalue weighted by molar-refractivity contribution is 0.298. The summed E-state index contributed by atoms with van der Waals surface area (Å²) in [5, 5.41) is 9.01. The van der Waals surface area contributed by atoms with Gasteiger partial charge in [-0.25, -0.2) is 4.39 Å². The second-order valence-electron chi connectivity index (χ2n) is 3.96. The number of aliphatic hydroxyl groups is 1. The fourth-order valence-electron chi connectivity index (χ4n) is 1.78. The third-order valence-electron chi connectivity index (χ3n) is 2.54. The van der Waals surface area contributed by atoms with E-state index in [1.807, 2.05) is 24.8 Å². The average Bonchev–Trinajstić information content (AvgIpc) is 2.26. The van der Waals surface area contributed by atoms with Gasteiger partial charge in [-0.2, -0.15) is 0 Å². The number of para-hydroxylation sites is 1. The van der Waals surface area contributed by atoms with Crippen molar-refractivity contribution in [3.63, 3.8) is 0 Å². The fraction of sp³-hybridized carbons (Fsp3) is 0.500. The van der Waals surface area contributed by atoms with Gasteiger partial charge in [-0.15, -0.1) is 0 Å². The van der Waals surface area contributed by atoms with Crippen LogP contribution in [0.3, 0.4) is 0 Å². The van der Waals surface area contributed by atoms with E-state index in [0.29, 0.717) is 18.8 Å². The van der Waals surface area contributed by atoms with Crippen LogP contribution in [0.15, 0.2) is 18.2 Å². The van der Waals surface area contributed by atoms with Crippen LogP contribution in [0.2, 0.25) is 0 Å². The van der Waals surface area contributed by atoms with Gasteiger partial charge in [-0.3, -0.25) is 0 Å². The molecule has 3 nitrogen and oxygen atoms in total. The zero-order valence-corrected chi connectivity index (χ0v) is 9.78. The molecule has 0 atom stereocenters. The smallest absolute Gasteiger partial charge is 0.146 e. The highest BCUT2D eigenvalue weighted by molar-refractivity contribution is 5.55. The SMILES string of the molecule is CC(C)N(CCO)c1c(F)cccc1CN. The summed E-state index contributed by atoms with van der Waals surface area (Å²) in [6, 6.07) is 5.00. The van der Waals surface area contributed by atoms with Crippen LogP contribution >= 0.6 is 0 Å². The van der Waals surface area contributed by atoms with Crippen molar-refractivity contribution >= 4 is 5.69 Å². The summed E-state index contributed by atoms with van der Waals surface area (Å²) in [7, 11) is 0. The second kappa shape index (κ2) is 5.82. The molecule has 0 spiro atoms. The number of nitrogens with zero attached hydrogens (tertiary/aromatic N) is 1. The van der Waals surface area contributed by atoms with E-state index >= 15 is 0 Å². The summed E-state index contributed by atoms with van der Waals surface area (Å²) in [5.74, 6) is -0.287. The van der Waals surface area contributed by atoms with Gasteiger partial charge in [0.1, 0.15) is 5.82 Å². The number of hydrogen-bond acceptors (Lipinski definition) is 3. The van der Waals surface area contributed by atoms with E-state index in [1.165, 1.54) is 6.07 Å². The Morgan fingerprint density at radius 2 is 2.12 bits per heavy atom. The largest absolute Gasteiger partial charge is 0.395 e. The third-order valence-corrected chi connectivity index (χ3v) is 2.54. The molecule has 0 aliphatic rings. The van der Waals surface area contributed by atoms with Gasteiger partial charge >= 0.3 is 0 Å². The minimum Gasteiger partial charge on any atom is -0.395 e. The quantitative estimate of drug-likeness (QED) is 0.799. The first-order valence-electron chi connectivity index (χ1n) is 5.46. The standard InChI is InChI=1S/C12H19FN2O/c1-9(2)15(6-7-16)12-10(8-14)4-3-5-11(12)13/h3-5,9,16H,6-8,14H2,1-2H3. The predicted molar refractivity (Wildman–Crippen MR) is 63.9 cm³/mol. The minimum absolute atomic E-state index is 0.00345. The number of hydrogen-bond donors (Lipinski definition) is 2. The fourth-order valence-corrected chi connectivity index (χ4v) is 1.78. The molecule has 1 aromatic carbocycles. The van der Waals surface area contributed by atoms with Crippen LogP contribution in [0.25, 0.3) is 0 Å². The van der Waals surface area contributed by atoms with E-state index in [-0.39, 0.29) is 18.5 Å². The molecule has 0 fully saturated rings. The van der Waals surface area contributed by atoms with Gasteiger partial charge in [-0.05, 0) is 25.5 Å². The molecule has 0 heterocycles. The topological polar surface area (TPSA) is 49.5 Å². The van der Waals surface area contributed by atoms with E-state index < -0.39 is 0 Å². The highest BCUT2D eigenvalue weighted by atomic mass is 19.1. The molecular weight excluding hydrogens is 207 g/mol. The number of aliphatic hydroxyl groups excluding tert-OH is 1. The Bertz CT molecular complexity index is 342. The summed E-state index contributed by atoms with van der Waals surface area (Å²) in [6.45, 7) is 4.62. The van der Waals surface area contributed by atoms with Gasteiger partial charge in [0.25, 0.3) is 0 Å². The molecule has 0 aliphatic carbocycles. The van der Waals surface area contributed by atoms with Crippen molar-refractivity contribution in [3.8, 4) is 0 Å². The van der Waals surface area contributed by atoms with Crippen LogP contribution in [-0.4, -0.2) is 24.3 Å². The van der Waals surface area contributed by atoms with Crippen molar-refractivity contribution in [2.45, 2.75) is 26.4 Å². The van der Waals surface area contributed by atoms with Gasteiger partial charge in [0.05, 0.1) is 12.3 Å². The third kappa shape index (κ3) is 2.71. The number of nitrogens with two attached hydrogens (primary N) is 1. The Kier molecular flexibility index (Phi) is 4.71. The maximum atomic E-state index is 13.8. The van der Waals surface area contributed by atoms with Gasteiger partial charge in [-0.1, -0.05) is 12.1 Å². The molecule has 0 aliphatic heterocycles. The molecule has 0 aromatic heterocycles.